The molecule has 1 aromatic carbocycles. The van der Waals surface area contributed by atoms with Crippen LogP contribution in [0, 0.1) is 0 Å². The number of hydrogen-bond donors (Lipinski definition) is 1. The number of fused-ring (bicyclic) bond motifs is 1. The van der Waals surface area contributed by atoms with Crippen molar-refractivity contribution in [3.05, 3.63) is 27.8 Å². The van der Waals surface area contributed by atoms with Gasteiger partial charge >= 0.3 is 0 Å². The van der Waals surface area contributed by atoms with E-state index < -0.39 is 0 Å². The third-order valence-corrected chi connectivity index (χ3v) is 5.52. The lowest BCUT2D eigenvalue weighted by molar-refractivity contribution is 0.373. The van der Waals surface area contributed by atoms with Gasteiger partial charge in [-0.15, -0.1) is 0 Å². The molecule has 110 valence electrons. The van der Waals surface area contributed by atoms with Crippen LogP contribution in [0.15, 0.2) is 6.07 Å². The molecular formula is C17H24ClNO. The normalized spacial score (nSPS) is 20.8. The minimum atomic E-state index is 0.0949. The number of hydrogen-bond acceptors (Lipinski definition) is 2. The van der Waals surface area contributed by atoms with E-state index in [1.165, 1.54) is 55.2 Å². The third kappa shape index (κ3) is 2.14. The van der Waals surface area contributed by atoms with E-state index in [9.17, 15) is 0 Å². The molecule has 2 nitrogen and oxygen atoms in total. The first-order valence-electron chi connectivity index (χ1n) is 7.80. The van der Waals surface area contributed by atoms with Crippen LogP contribution in [0.1, 0.15) is 55.2 Å². The zero-order chi connectivity index (χ0) is 14.2. The fourth-order valence-corrected chi connectivity index (χ4v) is 4.52. The molecule has 2 aliphatic rings. The van der Waals surface area contributed by atoms with Gasteiger partial charge in [-0.3, -0.25) is 0 Å². The van der Waals surface area contributed by atoms with Gasteiger partial charge < -0.3 is 10.5 Å². The van der Waals surface area contributed by atoms with Crippen molar-refractivity contribution < 1.29 is 4.74 Å². The molecular weight excluding hydrogens is 270 g/mol. The van der Waals surface area contributed by atoms with Crippen LogP contribution in [0.25, 0.3) is 0 Å². The van der Waals surface area contributed by atoms with Crippen molar-refractivity contribution in [1.82, 2.24) is 0 Å². The number of ether oxygens (including phenoxy) is 1. The first-order chi connectivity index (χ1) is 9.72. The fourth-order valence-electron chi connectivity index (χ4n) is 4.22. The molecule has 0 bridgehead atoms. The molecule has 3 rings (SSSR count). The molecule has 0 heterocycles. The molecule has 20 heavy (non-hydrogen) atoms. The molecule has 1 aromatic rings. The summed E-state index contributed by atoms with van der Waals surface area (Å²) < 4.78 is 5.69. The topological polar surface area (TPSA) is 35.2 Å². The summed E-state index contributed by atoms with van der Waals surface area (Å²) in [6.45, 7) is 0.705. The highest BCUT2D eigenvalue weighted by Crippen LogP contribution is 2.49. The SMILES string of the molecule is COc1c(Cl)cc2c(c1C1(CN)CCCC1)CCCC2. The Kier molecular flexibility index (Phi) is 3.96. The summed E-state index contributed by atoms with van der Waals surface area (Å²) in [7, 11) is 1.74. The van der Waals surface area contributed by atoms with Crippen LogP contribution < -0.4 is 10.5 Å². The van der Waals surface area contributed by atoms with Crippen molar-refractivity contribution >= 4 is 11.6 Å². The predicted octanol–water partition coefficient (Wildman–Crippen LogP) is 4.00. The first kappa shape index (κ1) is 14.2. The van der Waals surface area contributed by atoms with Crippen LogP contribution in [-0.4, -0.2) is 13.7 Å². The molecule has 0 saturated heterocycles. The van der Waals surface area contributed by atoms with E-state index in [-0.39, 0.29) is 5.41 Å². The van der Waals surface area contributed by atoms with Gasteiger partial charge in [0.05, 0.1) is 12.1 Å². The Morgan fingerprint density at radius 3 is 2.55 bits per heavy atom. The van der Waals surface area contributed by atoms with Crippen LogP contribution in [0.5, 0.6) is 5.75 Å². The quantitative estimate of drug-likeness (QED) is 0.914. The van der Waals surface area contributed by atoms with Crippen LogP contribution in [0.2, 0.25) is 5.02 Å². The van der Waals surface area contributed by atoms with E-state index in [0.29, 0.717) is 6.54 Å². The standard InChI is InChI=1S/C17H24ClNO/c1-20-16-14(18)10-12-6-2-3-7-13(12)15(16)17(11-19)8-4-5-9-17/h10H,2-9,11,19H2,1H3. The van der Waals surface area contributed by atoms with Crippen molar-refractivity contribution in [1.29, 1.82) is 0 Å². The maximum Gasteiger partial charge on any atom is 0.141 e. The molecule has 0 amide bonds. The second kappa shape index (κ2) is 5.57. The van der Waals surface area contributed by atoms with Gasteiger partial charge in [0.2, 0.25) is 0 Å². The average molecular weight is 294 g/mol. The number of nitrogens with two attached hydrogens (primary N) is 1. The number of benzene rings is 1. The Morgan fingerprint density at radius 1 is 1.20 bits per heavy atom. The Bertz CT molecular complexity index is 506. The molecule has 0 aromatic heterocycles. The van der Waals surface area contributed by atoms with Crippen LogP contribution in [-0.2, 0) is 18.3 Å². The summed E-state index contributed by atoms with van der Waals surface area (Å²) in [5.41, 5.74) is 10.6. The Labute approximate surface area is 126 Å². The van der Waals surface area contributed by atoms with Gasteiger partial charge in [-0.05, 0) is 55.7 Å². The van der Waals surface area contributed by atoms with Crippen molar-refractivity contribution in [3.63, 3.8) is 0 Å². The minimum absolute atomic E-state index is 0.0949. The number of methoxy groups -OCH3 is 1. The summed E-state index contributed by atoms with van der Waals surface area (Å²) in [6, 6.07) is 2.12. The van der Waals surface area contributed by atoms with E-state index >= 15 is 0 Å². The van der Waals surface area contributed by atoms with Crippen molar-refractivity contribution in [3.8, 4) is 5.75 Å². The maximum atomic E-state index is 6.50. The zero-order valence-electron chi connectivity index (χ0n) is 12.3. The zero-order valence-corrected chi connectivity index (χ0v) is 13.1. The minimum Gasteiger partial charge on any atom is -0.495 e. The van der Waals surface area contributed by atoms with Gasteiger partial charge in [-0.1, -0.05) is 24.4 Å². The molecule has 1 saturated carbocycles. The summed E-state index contributed by atoms with van der Waals surface area (Å²) in [5.74, 6) is 0.889. The van der Waals surface area contributed by atoms with Gasteiger partial charge in [0.1, 0.15) is 5.75 Å². The number of halogens is 1. The Balaban J connectivity index is 2.23. The molecule has 2 N–H and O–H groups in total. The van der Waals surface area contributed by atoms with Crippen molar-refractivity contribution in [2.45, 2.75) is 56.8 Å². The molecule has 3 heteroatoms. The number of rotatable bonds is 3. The maximum absolute atomic E-state index is 6.50. The lowest BCUT2D eigenvalue weighted by Gasteiger charge is -2.34. The Morgan fingerprint density at radius 2 is 1.90 bits per heavy atom. The molecule has 1 fully saturated rings. The molecule has 0 aliphatic heterocycles. The first-order valence-corrected chi connectivity index (χ1v) is 8.18. The van der Waals surface area contributed by atoms with E-state index in [0.717, 1.165) is 23.6 Å². The smallest absolute Gasteiger partial charge is 0.141 e. The van der Waals surface area contributed by atoms with E-state index in [4.69, 9.17) is 22.1 Å². The highest BCUT2D eigenvalue weighted by molar-refractivity contribution is 6.32. The van der Waals surface area contributed by atoms with Gasteiger partial charge in [-0.2, -0.15) is 0 Å². The number of aryl methyl sites for hydroxylation is 1. The second-order valence-electron chi connectivity index (χ2n) is 6.30. The summed E-state index contributed by atoms with van der Waals surface area (Å²) in [5, 5.41) is 0.767. The van der Waals surface area contributed by atoms with E-state index in [2.05, 4.69) is 6.07 Å². The summed E-state index contributed by atoms with van der Waals surface area (Å²) in [6.07, 6.45) is 9.71. The van der Waals surface area contributed by atoms with E-state index in [1.54, 1.807) is 7.11 Å². The van der Waals surface area contributed by atoms with Gasteiger partial charge in [0.15, 0.2) is 0 Å². The lowest BCUT2D eigenvalue weighted by atomic mass is 9.72. The summed E-state index contributed by atoms with van der Waals surface area (Å²) in [4.78, 5) is 0. The molecule has 0 radical (unpaired) electrons. The molecule has 0 spiro atoms. The molecule has 0 atom stereocenters. The van der Waals surface area contributed by atoms with Crippen molar-refractivity contribution in [2.75, 3.05) is 13.7 Å². The monoisotopic (exact) mass is 293 g/mol. The largest absolute Gasteiger partial charge is 0.495 e. The van der Waals surface area contributed by atoms with Crippen LogP contribution >= 0.6 is 11.6 Å². The highest BCUT2D eigenvalue weighted by Gasteiger charge is 2.40. The average Bonchev–Trinajstić information content (AvgIpc) is 2.95. The summed E-state index contributed by atoms with van der Waals surface area (Å²) >= 11 is 6.50. The molecule has 0 unspecified atom stereocenters. The second-order valence-corrected chi connectivity index (χ2v) is 6.71. The third-order valence-electron chi connectivity index (χ3n) is 5.24. The predicted molar refractivity (Wildman–Crippen MR) is 83.8 cm³/mol. The van der Waals surface area contributed by atoms with Crippen LogP contribution in [0.4, 0.5) is 0 Å². The molecule has 2 aliphatic carbocycles. The van der Waals surface area contributed by atoms with E-state index in [1.807, 2.05) is 0 Å². The van der Waals surface area contributed by atoms with Crippen LogP contribution in [0.3, 0.4) is 0 Å². The van der Waals surface area contributed by atoms with Gasteiger partial charge in [0.25, 0.3) is 0 Å². The lowest BCUT2D eigenvalue weighted by Crippen LogP contribution is -2.34. The van der Waals surface area contributed by atoms with Gasteiger partial charge in [0, 0.05) is 17.5 Å². The Hall–Kier alpha value is -0.730. The van der Waals surface area contributed by atoms with Gasteiger partial charge in [-0.25, -0.2) is 0 Å². The highest BCUT2D eigenvalue weighted by atomic mass is 35.5. The van der Waals surface area contributed by atoms with Crippen molar-refractivity contribution in [2.24, 2.45) is 5.73 Å². The fraction of sp³-hybridized carbons (Fsp3) is 0.647.